The second kappa shape index (κ2) is 25.6. The molecule has 2 heterocycles. The highest BCUT2D eigenvalue weighted by atomic mass is 32.2. The van der Waals surface area contributed by atoms with Gasteiger partial charge in [-0.15, -0.1) is 34.9 Å². The van der Waals surface area contributed by atoms with Gasteiger partial charge in [-0.1, -0.05) is 162 Å². The molecule has 0 fully saturated rings. The number of aryl methyl sites for hydroxylation is 1. The molecule has 388 valence electrons. The van der Waals surface area contributed by atoms with Gasteiger partial charge in [0.1, 0.15) is 39.0 Å². The highest BCUT2D eigenvalue weighted by molar-refractivity contribution is 8.14. The van der Waals surface area contributed by atoms with Crippen molar-refractivity contribution in [1.82, 2.24) is 15.6 Å². The highest BCUT2D eigenvalue weighted by Gasteiger charge is 2.43. The maximum atomic E-state index is 14.4. The predicted molar refractivity (Wildman–Crippen MR) is 303 cm³/mol. The summed E-state index contributed by atoms with van der Waals surface area (Å²) in [6.07, 6.45) is 3.60. The van der Waals surface area contributed by atoms with Crippen LogP contribution >= 0.6 is 34.9 Å². The van der Waals surface area contributed by atoms with Crippen LogP contribution in [0.2, 0.25) is 25.7 Å². The standard InChI is InChI=1S/C58H72N4O7S3Si/c1-11-41-30-32-42(33-31-41)51-50(60-47(72-51)38-59-55(66)69-56(4,5)6)52-62-57(7,39-70-52)54(65)61-49(40(2)3)53(64)68-46(37-48(63)67-34-36-73(8,9)10)29-21-22-35-71-58(43-23-15-12-16-24-43,44-25-17-13-18-26-44)45-27-19-14-20-28-45/h12-21,23-33,40,46,49H,11,22,34-39H2,1-10H3,(H,59,66)(H,61,65)/b29-21+/t46-,49+,57+/m1/s1. The number of thiazole rings is 1. The lowest BCUT2D eigenvalue weighted by Gasteiger charge is -2.35. The summed E-state index contributed by atoms with van der Waals surface area (Å²) in [4.78, 5) is 65.4. The van der Waals surface area contributed by atoms with Gasteiger partial charge in [0.05, 0.1) is 29.2 Å². The third-order valence-corrected chi connectivity index (χ3v) is 17.7. The number of carbonyl (C=O) groups excluding carboxylic acids is 4. The van der Waals surface area contributed by atoms with Gasteiger partial charge >= 0.3 is 18.0 Å². The van der Waals surface area contributed by atoms with E-state index in [0.717, 1.165) is 39.6 Å². The minimum Gasteiger partial charge on any atom is -0.466 e. The quantitative estimate of drug-likeness (QED) is 0.0162. The molecule has 0 saturated heterocycles. The molecule has 2 N–H and O–H groups in total. The van der Waals surface area contributed by atoms with Crippen molar-refractivity contribution in [2.45, 2.75) is 128 Å². The van der Waals surface area contributed by atoms with Crippen molar-refractivity contribution < 1.29 is 33.4 Å². The predicted octanol–water partition coefficient (Wildman–Crippen LogP) is 12.6. The molecule has 4 aromatic carbocycles. The number of hydrogen-bond acceptors (Lipinski definition) is 12. The van der Waals surface area contributed by atoms with Gasteiger partial charge in [0.15, 0.2) is 0 Å². The molecule has 6 rings (SSSR count). The van der Waals surface area contributed by atoms with Gasteiger partial charge in [0.25, 0.3) is 0 Å². The van der Waals surface area contributed by atoms with Crippen molar-refractivity contribution in [3.05, 3.63) is 160 Å². The highest BCUT2D eigenvalue weighted by Crippen LogP contribution is 2.48. The molecule has 0 saturated carbocycles. The Hall–Kier alpha value is -5.48. The van der Waals surface area contributed by atoms with Crippen molar-refractivity contribution >= 4 is 71.9 Å². The number of esters is 2. The number of thioether (sulfide) groups is 2. The lowest BCUT2D eigenvalue weighted by atomic mass is 9.84. The topological polar surface area (TPSA) is 145 Å². The summed E-state index contributed by atoms with van der Waals surface area (Å²) >= 11 is 4.69. The molecule has 1 aromatic heterocycles. The average Bonchev–Trinajstić information content (AvgIpc) is 3.98. The van der Waals surface area contributed by atoms with Gasteiger partial charge in [-0.2, -0.15) is 0 Å². The minimum atomic E-state index is -1.48. The van der Waals surface area contributed by atoms with Crippen LogP contribution in [0.3, 0.4) is 0 Å². The number of aliphatic imine (C=N–C) groups is 1. The third kappa shape index (κ3) is 16.0. The van der Waals surface area contributed by atoms with Crippen LogP contribution in [0.4, 0.5) is 4.79 Å². The maximum Gasteiger partial charge on any atom is 0.408 e. The fraction of sp³-hybridized carbons (Fsp3) is 0.414. The second-order valence-corrected chi connectivity index (χ2v) is 29.9. The first-order valence-electron chi connectivity index (χ1n) is 25.1. The summed E-state index contributed by atoms with van der Waals surface area (Å²) < 4.78 is 16.8. The fourth-order valence-corrected chi connectivity index (χ4v) is 12.4. The molecule has 0 radical (unpaired) electrons. The number of carbonyl (C=O) groups is 4. The summed E-state index contributed by atoms with van der Waals surface area (Å²) in [6, 6.07) is 39.6. The summed E-state index contributed by atoms with van der Waals surface area (Å²) in [5, 5.41) is 7.03. The first kappa shape index (κ1) is 56.8. The zero-order valence-electron chi connectivity index (χ0n) is 44.0. The molecule has 15 heteroatoms. The minimum absolute atomic E-state index is 0.149. The smallest absolute Gasteiger partial charge is 0.408 e. The molecule has 73 heavy (non-hydrogen) atoms. The van der Waals surface area contributed by atoms with Gasteiger partial charge in [-0.05, 0) is 92.1 Å². The summed E-state index contributed by atoms with van der Waals surface area (Å²) in [5.74, 6) is -0.900. The Morgan fingerprint density at radius 3 is 1.99 bits per heavy atom. The molecule has 0 spiro atoms. The number of ether oxygens (including phenoxy) is 3. The van der Waals surface area contributed by atoms with Crippen LogP contribution in [-0.2, 0) is 46.3 Å². The molecule has 0 bridgehead atoms. The number of benzene rings is 4. The van der Waals surface area contributed by atoms with E-state index in [1.54, 1.807) is 13.0 Å². The zero-order valence-corrected chi connectivity index (χ0v) is 47.4. The number of rotatable bonds is 23. The molecule has 0 aliphatic carbocycles. The van der Waals surface area contributed by atoms with Gasteiger partial charge in [-0.25, -0.2) is 14.6 Å². The fourth-order valence-electron chi connectivity index (χ4n) is 8.03. The van der Waals surface area contributed by atoms with Gasteiger partial charge in [0, 0.05) is 13.8 Å². The molecule has 2 amide bonds. The van der Waals surface area contributed by atoms with E-state index in [1.165, 1.54) is 28.7 Å². The molecule has 11 nitrogen and oxygen atoms in total. The van der Waals surface area contributed by atoms with Crippen LogP contribution < -0.4 is 10.6 Å². The van der Waals surface area contributed by atoms with Crippen LogP contribution in [0.5, 0.6) is 0 Å². The van der Waals surface area contributed by atoms with Crippen LogP contribution in [0.15, 0.2) is 132 Å². The van der Waals surface area contributed by atoms with Crippen molar-refractivity contribution in [3.8, 4) is 10.4 Å². The van der Waals surface area contributed by atoms with E-state index in [0.29, 0.717) is 40.3 Å². The maximum absolute atomic E-state index is 14.4. The van der Waals surface area contributed by atoms with Crippen molar-refractivity contribution in [3.63, 3.8) is 0 Å². The van der Waals surface area contributed by atoms with Gasteiger partial charge in [-0.3, -0.25) is 14.6 Å². The average molecular weight is 1060 g/mol. The Kier molecular flexibility index (Phi) is 20.0. The van der Waals surface area contributed by atoms with E-state index in [1.807, 2.05) is 70.7 Å². The zero-order chi connectivity index (χ0) is 52.8. The number of amides is 2. The second-order valence-electron chi connectivity index (χ2n) is 20.9. The molecular weight excluding hydrogens is 989 g/mol. The summed E-state index contributed by atoms with van der Waals surface area (Å²) in [6.45, 7) is 20.1. The Morgan fingerprint density at radius 1 is 0.863 bits per heavy atom. The molecular formula is C58H72N4O7S3Si. The Balaban J connectivity index is 1.20. The monoisotopic (exact) mass is 1060 g/mol. The Bertz CT molecular complexity index is 2590. The third-order valence-electron chi connectivity index (χ3n) is 12.1. The first-order chi connectivity index (χ1) is 34.7. The van der Waals surface area contributed by atoms with Crippen LogP contribution in [0, 0.1) is 5.92 Å². The lowest BCUT2D eigenvalue weighted by Crippen LogP contribution is -2.53. The van der Waals surface area contributed by atoms with E-state index < -0.39 is 60.0 Å². The first-order valence-corrected chi connectivity index (χ1v) is 31.6. The van der Waals surface area contributed by atoms with Gasteiger partial charge < -0.3 is 24.8 Å². The summed E-state index contributed by atoms with van der Waals surface area (Å²) in [7, 11) is -1.48. The van der Waals surface area contributed by atoms with Crippen molar-refractivity contribution in [2.75, 3.05) is 18.1 Å². The van der Waals surface area contributed by atoms with Crippen LogP contribution in [-0.4, -0.2) is 83.4 Å². The van der Waals surface area contributed by atoms with Crippen LogP contribution in [0.1, 0.15) is 94.3 Å². The number of nitrogens with one attached hydrogen (secondary N) is 2. The number of alkyl carbamates (subject to hydrolysis) is 1. The largest absolute Gasteiger partial charge is 0.466 e. The lowest BCUT2D eigenvalue weighted by molar-refractivity contribution is -0.156. The number of nitrogens with zero attached hydrogens (tertiary/aromatic N) is 2. The number of aromatic nitrogens is 1. The molecule has 0 unspecified atom stereocenters. The van der Waals surface area contributed by atoms with E-state index >= 15 is 0 Å². The Morgan fingerprint density at radius 2 is 1.45 bits per heavy atom. The molecule has 1 aliphatic heterocycles. The number of hydrogen-bond donors (Lipinski definition) is 2. The van der Waals surface area contributed by atoms with Crippen molar-refractivity contribution in [1.29, 1.82) is 0 Å². The van der Waals surface area contributed by atoms with Gasteiger partial charge in [0.2, 0.25) is 5.91 Å². The molecule has 1 aliphatic rings. The Labute approximate surface area is 446 Å². The SMILES string of the molecule is CCc1ccc(-c2sc(CNC(=O)OC(C)(C)C)nc2C2=N[C@](C)(C(=O)N[C@H](C(=O)O[C@H](/C=C/CCSC(c3ccccc3)(c3ccccc3)c3ccccc3)CC(=O)OCC[Si](C)(C)C)C(C)C)CS2)cc1. The van der Waals surface area contributed by atoms with Crippen molar-refractivity contribution in [2.24, 2.45) is 10.9 Å². The van der Waals surface area contributed by atoms with E-state index in [9.17, 15) is 19.2 Å². The van der Waals surface area contributed by atoms with E-state index in [2.05, 4.69) is 134 Å². The molecule has 3 atom stereocenters. The van der Waals surface area contributed by atoms with Crippen LogP contribution in [0.25, 0.3) is 10.4 Å². The normalized spacial score (nSPS) is 15.9. The van der Waals surface area contributed by atoms with E-state index in [-0.39, 0.29) is 18.9 Å². The summed E-state index contributed by atoms with van der Waals surface area (Å²) in [5.41, 5.74) is 4.33. The number of allylic oxidation sites excluding steroid dienone is 1. The molecule has 5 aromatic rings. The van der Waals surface area contributed by atoms with E-state index in [4.69, 9.17) is 24.2 Å².